The Morgan fingerprint density at radius 3 is 2.35 bits per heavy atom. The molecule has 3 nitrogen and oxygen atoms in total. The van der Waals surface area contributed by atoms with Crippen LogP contribution in [-0.4, -0.2) is 38.0 Å². The molecule has 0 atom stereocenters. The summed E-state index contributed by atoms with van der Waals surface area (Å²) in [6.45, 7) is 1.23. The van der Waals surface area contributed by atoms with Gasteiger partial charge in [-0.25, -0.2) is 0 Å². The van der Waals surface area contributed by atoms with Crippen molar-refractivity contribution in [3.05, 3.63) is 30.3 Å². The topological polar surface area (TPSA) is 36.4 Å². The normalized spacial score (nSPS) is 11.7. The Morgan fingerprint density at radius 1 is 1.09 bits per heavy atom. The molecular weight excluding hydrogens is 438 g/mol. The van der Waals surface area contributed by atoms with Crippen molar-refractivity contribution in [2.24, 2.45) is 4.99 Å². The van der Waals surface area contributed by atoms with Gasteiger partial charge in [0.1, 0.15) is 0 Å². The number of aliphatic imine (C=N–C) groups is 1. The molecule has 0 unspecified atom stereocenters. The molecule has 0 heterocycles. The second kappa shape index (κ2) is 12.7. The lowest BCUT2D eigenvalue weighted by Crippen LogP contribution is -2.38. The second-order valence-electron chi connectivity index (χ2n) is 4.66. The van der Waals surface area contributed by atoms with Crippen molar-refractivity contribution in [1.29, 1.82) is 0 Å². The summed E-state index contributed by atoms with van der Waals surface area (Å²) in [6, 6.07) is 10.1. The van der Waals surface area contributed by atoms with Crippen molar-refractivity contribution in [1.82, 2.24) is 10.6 Å². The van der Waals surface area contributed by atoms with Crippen LogP contribution in [-0.2, 0) is 0 Å². The average molecular weight is 461 g/mol. The Balaban J connectivity index is 0.00000484. The summed E-state index contributed by atoms with van der Waals surface area (Å²) in [5, 5.41) is 6.16. The lowest BCUT2D eigenvalue weighted by atomic mass is 10.2. The highest BCUT2D eigenvalue weighted by atomic mass is 127. The molecule has 0 saturated heterocycles. The third-order valence-corrected chi connectivity index (χ3v) is 3.82. The van der Waals surface area contributed by atoms with Crippen LogP contribution in [0.15, 0.2) is 40.2 Å². The standard InChI is InChI=1S/C15H22F3N3S.HI/c1-19-14(20-10-6-5-9-15(16,17)18)21-11-12-22-13-7-3-2-4-8-13;/h2-4,7-8H,5-6,9-12H2,1H3,(H2,19,20,21);1H. The summed E-state index contributed by atoms with van der Waals surface area (Å²) in [5.41, 5.74) is 0. The number of nitrogens with zero attached hydrogens (tertiary/aromatic N) is 1. The summed E-state index contributed by atoms with van der Waals surface area (Å²) >= 11 is 1.74. The van der Waals surface area contributed by atoms with Crippen LogP contribution in [0.2, 0.25) is 0 Å². The summed E-state index contributed by atoms with van der Waals surface area (Å²) in [6.07, 6.45) is -4.18. The van der Waals surface area contributed by atoms with Crippen molar-refractivity contribution < 1.29 is 13.2 Å². The third-order valence-electron chi connectivity index (χ3n) is 2.81. The van der Waals surface area contributed by atoms with E-state index in [-0.39, 0.29) is 30.4 Å². The van der Waals surface area contributed by atoms with E-state index in [9.17, 15) is 13.2 Å². The molecule has 0 spiro atoms. The zero-order valence-corrected chi connectivity index (χ0v) is 16.2. The van der Waals surface area contributed by atoms with E-state index >= 15 is 0 Å². The number of alkyl halides is 3. The monoisotopic (exact) mass is 461 g/mol. The SMILES string of the molecule is CN=C(NCCCCC(F)(F)F)NCCSc1ccccc1.I. The minimum atomic E-state index is -4.06. The lowest BCUT2D eigenvalue weighted by Gasteiger charge is -2.12. The van der Waals surface area contributed by atoms with Gasteiger partial charge in [-0.05, 0) is 25.0 Å². The van der Waals surface area contributed by atoms with Crippen molar-refractivity contribution in [2.45, 2.75) is 30.3 Å². The molecule has 1 aromatic rings. The number of benzene rings is 1. The molecule has 0 radical (unpaired) electrons. The Kier molecular flexibility index (Phi) is 12.4. The molecule has 0 bridgehead atoms. The van der Waals surface area contributed by atoms with Gasteiger partial charge in [0, 0.05) is 37.2 Å². The zero-order chi connectivity index (χ0) is 16.3. The molecule has 8 heteroatoms. The Bertz CT molecular complexity index is 441. The summed E-state index contributed by atoms with van der Waals surface area (Å²) in [5.74, 6) is 1.51. The summed E-state index contributed by atoms with van der Waals surface area (Å²) < 4.78 is 36.0. The van der Waals surface area contributed by atoms with Gasteiger partial charge in [-0.1, -0.05) is 18.2 Å². The number of hydrogen-bond acceptors (Lipinski definition) is 2. The molecule has 132 valence electrons. The predicted octanol–water partition coefficient (Wildman–Crippen LogP) is 4.29. The Labute approximate surface area is 156 Å². The number of thioether (sulfide) groups is 1. The molecule has 0 saturated carbocycles. The number of unbranched alkanes of at least 4 members (excludes halogenated alkanes) is 1. The van der Waals surface area contributed by atoms with E-state index in [0.717, 1.165) is 12.3 Å². The van der Waals surface area contributed by atoms with Gasteiger partial charge in [-0.15, -0.1) is 35.7 Å². The molecule has 0 aliphatic rings. The highest BCUT2D eigenvalue weighted by Gasteiger charge is 2.25. The molecular formula is C15H23F3IN3S. The highest BCUT2D eigenvalue weighted by Crippen LogP contribution is 2.21. The fourth-order valence-electron chi connectivity index (χ4n) is 1.73. The maximum absolute atomic E-state index is 12.0. The van der Waals surface area contributed by atoms with E-state index in [0.29, 0.717) is 18.9 Å². The van der Waals surface area contributed by atoms with Crippen LogP contribution in [0.1, 0.15) is 19.3 Å². The molecule has 0 fully saturated rings. The average Bonchev–Trinajstić information content (AvgIpc) is 2.49. The van der Waals surface area contributed by atoms with Crippen molar-refractivity contribution in [2.75, 3.05) is 25.9 Å². The minimum absolute atomic E-state index is 0. The first kappa shape index (κ1) is 22.4. The van der Waals surface area contributed by atoms with Gasteiger partial charge in [0.2, 0.25) is 0 Å². The molecule has 0 amide bonds. The third kappa shape index (κ3) is 12.4. The van der Waals surface area contributed by atoms with Crippen LogP contribution >= 0.6 is 35.7 Å². The molecule has 1 rings (SSSR count). The van der Waals surface area contributed by atoms with Crippen LogP contribution in [0.25, 0.3) is 0 Å². The largest absolute Gasteiger partial charge is 0.389 e. The molecule has 0 aliphatic carbocycles. The van der Waals surface area contributed by atoms with Crippen molar-refractivity contribution >= 4 is 41.7 Å². The van der Waals surface area contributed by atoms with Crippen molar-refractivity contribution in [3.8, 4) is 0 Å². The number of rotatable bonds is 8. The molecule has 1 aromatic carbocycles. The fraction of sp³-hybridized carbons (Fsp3) is 0.533. The first-order valence-electron chi connectivity index (χ1n) is 7.20. The highest BCUT2D eigenvalue weighted by molar-refractivity contribution is 14.0. The Morgan fingerprint density at radius 2 is 1.74 bits per heavy atom. The van der Waals surface area contributed by atoms with Gasteiger partial charge < -0.3 is 10.6 Å². The molecule has 0 aromatic heterocycles. The second-order valence-corrected chi connectivity index (χ2v) is 5.83. The minimum Gasteiger partial charge on any atom is -0.356 e. The predicted molar refractivity (Wildman–Crippen MR) is 102 cm³/mol. The fourth-order valence-corrected chi connectivity index (χ4v) is 2.52. The number of nitrogens with one attached hydrogen (secondary N) is 2. The number of hydrogen-bond donors (Lipinski definition) is 2. The lowest BCUT2D eigenvalue weighted by molar-refractivity contribution is -0.135. The number of guanidine groups is 1. The van der Waals surface area contributed by atoms with Gasteiger partial charge in [0.15, 0.2) is 5.96 Å². The molecule has 2 N–H and O–H groups in total. The van der Waals surface area contributed by atoms with Gasteiger partial charge in [0.05, 0.1) is 0 Å². The van der Waals surface area contributed by atoms with Gasteiger partial charge in [-0.3, -0.25) is 4.99 Å². The summed E-state index contributed by atoms with van der Waals surface area (Å²) in [4.78, 5) is 5.25. The van der Waals surface area contributed by atoms with Crippen LogP contribution in [0.3, 0.4) is 0 Å². The van der Waals surface area contributed by atoms with Gasteiger partial charge >= 0.3 is 6.18 Å². The number of halogens is 4. The van der Waals surface area contributed by atoms with E-state index in [1.807, 2.05) is 18.2 Å². The van der Waals surface area contributed by atoms with E-state index in [1.165, 1.54) is 4.90 Å². The van der Waals surface area contributed by atoms with E-state index < -0.39 is 12.6 Å². The van der Waals surface area contributed by atoms with Crippen LogP contribution in [0.4, 0.5) is 13.2 Å². The van der Waals surface area contributed by atoms with Crippen LogP contribution in [0, 0.1) is 0 Å². The van der Waals surface area contributed by atoms with E-state index in [1.54, 1.807) is 18.8 Å². The van der Waals surface area contributed by atoms with Crippen molar-refractivity contribution in [3.63, 3.8) is 0 Å². The first-order chi connectivity index (χ1) is 10.5. The van der Waals surface area contributed by atoms with Crippen LogP contribution < -0.4 is 10.6 Å². The van der Waals surface area contributed by atoms with E-state index in [2.05, 4.69) is 27.8 Å². The molecule has 0 aliphatic heterocycles. The molecule has 23 heavy (non-hydrogen) atoms. The zero-order valence-electron chi connectivity index (χ0n) is 13.0. The Hall–Kier alpha value is -0.640. The maximum Gasteiger partial charge on any atom is 0.389 e. The maximum atomic E-state index is 12.0. The summed E-state index contributed by atoms with van der Waals surface area (Å²) in [7, 11) is 1.65. The quantitative estimate of drug-likeness (QED) is 0.199. The smallest absolute Gasteiger partial charge is 0.356 e. The van der Waals surface area contributed by atoms with E-state index in [4.69, 9.17) is 0 Å². The van der Waals surface area contributed by atoms with Gasteiger partial charge in [-0.2, -0.15) is 13.2 Å². The van der Waals surface area contributed by atoms with Crippen LogP contribution in [0.5, 0.6) is 0 Å². The van der Waals surface area contributed by atoms with Gasteiger partial charge in [0.25, 0.3) is 0 Å². The first-order valence-corrected chi connectivity index (χ1v) is 8.19.